The Balaban J connectivity index is 2.06. The Hall–Kier alpha value is -0.120. The lowest BCUT2D eigenvalue weighted by Crippen LogP contribution is -2.42. The summed E-state index contributed by atoms with van der Waals surface area (Å²) < 4.78 is 0. The van der Waals surface area contributed by atoms with Crippen LogP contribution < -0.4 is 5.32 Å². The molecular formula is C7H13NO2. The summed E-state index contributed by atoms with van der Waals surface area (Å²) in [5.74, 6) is 0. The van der Waals surface area contributed by atoms with Crippen molar-refractivity contribution >= 4 is 0 Å². The maximum Gasteiger partial charge on any atom is 0.0709 e. The van der Waals surface area contributed by atoms with Gasteiger partial charge in [-0.05, 0) is 19.3 Å². The standard InChI is InChI=1S/C7H13NO2/c9-5-1-4-2-7(10)6(3-5)8-4/h4-10H,1-3H2/t4-,5-,6+,7-/m0/s1. The third-order valence-electron chi connectivity index (χ3n) is 2.52. The van der Waals surface area contributed by atoms with Crippen molar-refractivity contribution in [3.63, 3.8) is 0 Å². The van der Waals surface area contributed by atoms with E-state index in [1.165, 1.54) is 0 Å². The Kier molecular flexibility index (Phi) is 1.44. The van der Waals surface area contributed by atoms with E-state index in [-0.39, 0.29) is 18.2 Å². The van der Waals surface area contributed by atoms with Crippen molar-refractivity contribution in [1.29, 1.82) is 0 Å². The smallest absolute Gasteiger partial charge is 0.0709 e. The van der Waals surface area contributed by atoms with Crippen molar-refractivity contribution in [3.8, 4) is 0 Å². The van der Waals surface area contributed by atoms with Gasteiger partial charge in [-0.15, -0.1) is 0 Å². The first-order valence-corrected chi connectivity index (χ1v) is 3.88. The fourth-order valence-corrected chi connectivity index (χ4v) is 2.04. The van der Waals surface area contributed by atoms with Gasteiger partial charge in [0.05, 0.1) is 12.2 Å². The summed E-state index contributed by atoms with van der Waals surface area (Å²) in [4.78, 5) is 0. The predicted molar refractivity (Wildman–Crippen MR) is 36.6 cm³/mol. The Bertz CT molecular complexity index is 135. The molecule has 2 bridgehead atoms. The van der Waals surface area contributed by atoms with Crippen LogP contribution in [0.1, 0.15) is 19.3 Å². The molecule has 0 spiro atoms. The normalized spacial score (nSPS) is 53.4. The monoisotopic (exact) mass is 143 g/mol. The molecule has 3 heteroatoms. The number of aliphatic hydroxyl groups excluding tert-OH is 2. The van der Waals surface area contributed by atoms with Crippen LogP contribution in [0.4, 0.5) is 0 Å². The zero-order chi connectivity index (χ0) is 7.14. The molecule has 2 fully saturated rings. The molecule has 0 saturated carbocycles. The molecule has 58 valence electrons. The van der Waals surface area contributed by atoms with Crippen LogP contribution in [0.3, 0.4) is 0 Å². The Labute approximate surface area is 60.1 Å². The predicted octanol–water partition coefficient (Wildman–Crippen LogP) is -0.768. The Morgan fingerprint density at radius 1 is 1.10 bits per heavy atom. The van der Waals surface area contributed by atoms with Crippen molar-refractivity contribution in [2.24, 2.45) is 0 Å². The van der Waals surface area contributed by atoms with Gasteiger partial charge in [-0.2, -0.15) is 0 Å². The highest BCUT2D eigenvalue weighted by molar-refractivity contribution is 4.97. The van der Waals surface area contributed by atoms with E-state index >= 15 is 0 Å². The highest BCUT2D eigenvalue weighted by Crippen LogP contribution is 2.26. The number of aliphatic hydroxyl groups is 2. The Morgan fingerprint density at radius 2 is 1.90 bits per heavy atom. The summed E-state index contributed by atoms with van der Waals surface area (Å²) in [6.45, 7) is 0. The van der Waals surface area contributed by atoms with Crippen LogP contribution in [0.5, 0.6) is 0 Å². The molecule has 2 saturated heterocycles. The van der Waals surface area contributed by atoms with E-state index in [1.54, 1.807) is 0 Å². The Morgan fingerprint density at radius 3 is 2.60 bits per heavy atom. The second-order valence-electron chi connectivity index (χ2n) is 3.40. The zero-order valence-corrected chi connectivity index (χ0v) is 5.83. The number of rotatable bonds is 0. The van der Waals surface area contributed by atoms with Crippen LogP contribution in [-0.2, 0) is 0 Å². The molecule has 0 unspecified atom stereocenters. The zero-order valence-electron chi connectivity index (χ0n) is 5.83. The number of nitrogens with one attached hydrogen (secondary N) is 1. The largest absolute Gasteiger partial charge is 0.393 e. The third-order valence-corrected chi connectivity index (χ3v) is 2.52. The second-order valence-corrected chi connectivity index (χ2v) is 3.40. The van der Waals surface area contributed by atoms with Gasteiger partial charge < -0.3 is 15.5 Å². The van der Waals surface area contributed by atoms with E-state index in [4.69, 9.17) is 0 Å². The first-order chi connectivity index (χ1) is 4.75. The van der Waals surface area contributed by atoms with Gasteiger partial charge in [0.1, 0.15) is 0 Å². The summed E-state index contributed by atoms with van der Waals surface area (Å²) in [6, 6.07) is 0.525. The van der Waals surface area contributed by atoms with Crippen molar-refractivity contribution in [2.45, 2.75) is 43.6 Å². The summed E-state index contributed by atoms with van der Waals surface area (Å²) >= 11 is 0. The molecule has 0 aromatic rings. The van der Waals surface area contributed by atoms with Crippen molar-refractivity contribution < 1.29 is 10.2 Å². The van der Waals surface area contributed by atoms with Crippen LogP contribution in [0.2, 0.25) is 0 Å². The molecule has 2 aliphatic heterocycles. The van der Waals surface area contributed by atoms with E-state index in [1.807, 2.05) is 0 Å². The molecule has 10 heavy (non-hydrogen) atoms. The second kappa shape index (κ2) is 2.19. The number of piperidine rings is 1. The molecule has 0 amide bonds. The summed E-state index contributed by atoms with van der Waals surface area (Å²) in [5.41, 5.74) is 0. The molecule has 4 atom stereocenters. The van der Waals surface area contributed by atoms with Crippen molar-refractivity contribution in [1.82, 2.24) is 5.32 Å². The number of fused-ring (bicyclic) bond motifs is 2. The van der Waals surface area contributed by atoms with Gasteiger partial charge in [0.15, 0.2) is 0 Å². The summed E-state index contributed by atoms with van der Waals surface area (Å²) in [5, 5.41) is 21.9. The van der Waals surface area contributed by atoms with E-state index in [0.29, 0.717) is 6.04 Å². The highest BCUT2D eigenvalue weighted by Gasteiger charge is 2.38. The van der Waals surface area contributed by atoms with E-state index in [0.717, 1.165) is 19.3 Å². The molecule has 0 radical (unpaired) electrons. The SMILES string of the molecule is O[C@H]1C[C@H]2C[C@H](O)[C@@H](C1)N2. The molecular weight excluding hydrogens is 130 g/mol. The minimum Gasteiger partial charge on any atom is -0.393 e. The van der Waals surface area contributed by atoms with E-state index in [9.17, 15) is 10.2 Å². The maximum absolute atomic E-state index is 9.34. The third kappa shape index (κ3) is 0.944. The van der Waals surface area contributed by atoms with Gasteiger partial charge in [-0.1, -0.05) is 0 Å². The van der Waals surface area contributed by atoms with E-state index < -0.39 is 0 Å². The molecule has 0 aliphatic carbocycles. The van der Waals surface area contributed by atoms with Crippen LogP contribution in [0.15, 0.2) is 0 Å². The van der Waals surface area contributed by atoms with E-state index in [2.05, 4.69) is 5.32 Å². The van der Waals surface area contributed by atoms with Crippen molar-refractivity contribution in [2.75, 3.05) is 0 Å². The van der Waals surface area contributed by atoms with Crippen LogP contribution in [-0.4, -0.2) is 34.5 Å². The summed E-state index contributed by atoms with van der Waals surface area (Å²) in [7, 11) is 0. The molecule has 3 N–H and O–H groups in total. The molecule has 3 nitrogen and oxygen atoms in total. The average molecular weight is 143 g/mol. The average Bonchev–Trinajstić information content (AvgIpc) is 2.07. The lowest BCUT2D eigenvalue weighted by Gasteiger charge is -2.25. The molecule has 2 rings (SSSR count). The van der Waals surface area contributed by atoms with Gasteiger partial charge in [-0.25, -0.2) is 0 Å². The fourth-order valence-electron chi connectivity index (χ4n) is 2.04. The quantitative estimate of drug-likeness (QED) is 0.417. The molecule has 0 aromatic heterocycles. The molecule has 0 aromatic carbocycles. The van der Waals surface area contributed by atoms with Gasteiger partial charge >= 0.3 is 0 Å². The molecule has 2 aliphatic rings. The lowest BCUT2D eigenvalue weighted by atomic mass is 10.0. The molecule has 2 heterocycles. The first kappa shape index (κ1) is 6.58. The van der Waals surface area contributed by atoms with Crippen molar-refractivity contribution in [3.05, 3.63) is 0 Å². The minimum atomic E-state index is -0.220. The highest BCUT2D eigenvalue weighted by atomic mass is 16.3. The lowest BCUT2D eigenvalue weighted by molar-refractivity contribution is 0.0918. The van der Waals surface area contributed by atoms with Gasteiger partial charge in [0.25, 0.3) is 0 Å². The fraction of sp³-hybridized carbons (Fsp3) is 1.00. The minimum absolute atomic E-state index is 0.161. The van der Waals surface area contributed by atoms with Gasteiger partial charge in [0.2, 0.25) is 0 Å². The van der Waals surface area contributed by atoms with Gasteiger partial charge in [-0.3, -0.25) is 0 Å². The number of hydrogen-bond donors (Lipinski definition) is 3. The summed E-state index contributed by atoms with van der Waals surface area (Å²) in [6.07, 6.45) is 1.95. The topological polar surface area (TPSA) is 52.5 Å². The van der Waals surface area contributed by atoms with Crippen LogP contribution in [0, 0.1) is 0 Å². The van der Waals surface area contributed by atoms with Crippen LogP contribution in [0.25, 0.3) is 0 Å². The van der Waals surface area contributed by atoms with Gasteiger partial charge in [0, 0.05) is 12.1 Å². The first-order valence-electron chi connectivity index (χ1n) is 3.88. The number of hydrogen-bond acceptors (Lipinski definition) is 3. The van der Waals surface area contributed by atoms with Crippen LogP contribution >= 0.6 is 0 Å². The maximum atomic E-state index is 9.34.